The summed E-state index contributed by atoms with van der Waals surface area (Å²) >= 11 is 0. The second kappa shape index (κ2) is 8.58. The fourth-order valence-corrected chi connectivity index (χ4v) is 4.49. The molecule has 34 heavy (non-hydrogen) atoms. The van der Waals surface area contributed by atoms with E-state index >= 15 is 0 Å². The number of nitrogens with one attached hydrogen (secondary N) is 1. The van der Waals surface area contributed by atoms with Crippen molar-refractivity contribution in [3.05, 3.63) is 47.9 Å². The smallest absolute Gasteiger partial charge is 0.261 e. The molecule has 2 aliphatic heterocycles. The van der Waals surface area contributed by atoms with Crippen LogP contribution in [0.25, 0.3) is 5.65 Å². The Morgan fingerprint density at radius 1 is 1.26 bits per heavy atom. The molecule has 3 aromatic rings. The van der Waals surface area contributed by atoms with Crippen LogP contribution in [-0.2, 0) is 11.2 Å². The van der Waals surface area contributed by atoms with E-state index in [0.717, 1.165) is 11.3 Å². The molecular weight excluding hydrogens is 438 g/mol. The summed E-state index contributed by atoms with van der Waals surface area (Å²) in [6.45, 7) is 4.80. The first-order valence-electron chi connectivity index (χ1n) is 11.2. The quantitative estimate of drug-likeness (QED) is 0.488. The molecule has 2 amide bonds. The number of fused-ring (bicyclic) bond motifs is 2. The lowest BCUT2D eigenvalue weighted by molar-refractivity contribution is -0.119. The number of hydrogen-bond donors (Lipinski definition) is 3. The maximum absolute atomic E-state index is 13.2. The van der Waals surface area contributed by atoms with E-state index in [1.165, 1.54) is 6.20 Å². The lowest BCUT2D eigenvalue weighted by Gasteiger charge is -2.37. The predicted molar refractivity (Wildman–Crippen MR) is 125 cm³/mol. The highest BCUT2D eigenvalue weighted by Crippen LogP contribution is 2.39. The molecule has 178 valence electrons. The number of anilines is 2. The van der Waals surface area contributed by atoms with Crippen LogP contribution >= 0.6 is 0 Å². The Morgan fingerprint density at radius 2 is 2.06 bits per heavy atom. The lowest BCUT2D eigenvalue weighted by atomic mass is 9.93. The summed E-state index contributed by atoms with van der Waals surface area (Å²) < 4.78 is 7.40. The van der Waals surface area contributed by atoms with Gasteiger partial charge in [-0.15, -0.1) is 0 Å². The second-order valence-corrected chi connectivity index (χ2v) is 9.07. The first-order valence-corrected chi connectivity index (χ1v) is 11.2. The van der Waals surface area contributed by atoms with Crippen molar-refractivity contribution in [2.24, 2.45) is 5.73 Å². The van der Waals surface area contributed by atoms with Gasteiger partial charge in [-0.3, -0.25) is 14.5 Å². The summed E-state index contributed by atoms with van der Waals surface area (Å²) in [5, 5.41) is 17.7. The van der Waals surface area contributed by atoms with E-state index in [1.807, 2.05) is 17.0 Å². The standard InChI is InChI=1S/C23H27N7O4/c1-23(33)11-15-9-17(27-22(32)16-12-26-30-4-2-3-25-21(16)30)18(10-19(15)34-14-23)29-7-5-28(6-8-29)13-20(24)31/h2-4,9-10,12,33H,5-8,11,13-14H2,1H3,(H2,24,31)(H,27,32)/t23-/m1/s1. The van der Waals surface area contributed by atoms with Gasteiger partial charge in [0, 0.05) is 51.1 Å². The number of primary amides is 1. The molecule has 1 fully saturated rings. The van der Waals surface area contributed by atoms with Gasteiger partial charge in [-0.05, 0) is 24.6 Å². The molecule has 4 N–H and O–H groups in total. The molecule has 0 radical (unpaired) electrons. The highest BCUT2D eigenvalue weighted by atomic mass is 16.5. The van der Waals surface area contributed by atoms with E-state index in [4.69, 9.17) is 10.5 Å². The van der Waals surface area contributed by atoms with Crippen LogP contribution in [0.15, 0.2) is 36.8 Å². The molecule has 1 aromatic carbocycles. The molecule has 5 rings (SSSR count). The largest absolute Gasteiger partial charge is 0.490 e. The van der Waals surface area contributed by atoms with Crippen molar-refractivity contribution in [1.82, 2.24) is 19.5 Å². The monoisotopic (exact) mass is 465 g/mol. The van der Waals surface area contributed by atoms with Crippen LogP contribution in [0, 0.1) is 0 Å². The molecule has 0 aliphatic carbocycles. The normalized spacial score (nSPS) is 20.6. The van der Waals surface area contributed by atoms with Crippen LogP contribution in [0.5, 0.6) is 5.75 Å². The Bertz CT molecular complexity index is 1250. The number of carbonyl (C=O) groups excluding carboxylic acids is 2. The van der Waals surface area contributed by atoms with Crippen molar-refractivity contribution in [1.29, 1.82) is 0 Å². The number of aliphatic hydroxyl groups is 1. The molecule has 0 unspecified atom stereocenters. The van der Waals surface area contributed by atoms with Gasteiger partial charge in [0.15, 0.2) is 5.65 Å². The molecule has 2 aliphatic rings. The summed E-state index contributed by atoms with van der Waals surface area (Å²) in [4.78, 5) is 32.9. The highest BCUT2D eigenvalue weighted by molar-refractivity contribution is 6.09. The van der Waals surface area contributed by atoms with Crippen molar-refractivity contribution >= 4 is 28.8 Å². The van der Waals surface area contributed by atoms with Gasteiger partial charge in [-0.25, -0.2) is 9.50 Å². The van der Waals surface area contributed by atoms with Crippen LogP contribution in [0.1, 0.15) is 22.8 Å². The van der Waals surface area contributed by atoms with E-state index in [9.17, 15) is 14.7 Å². The summed E-state index contributed by atoms with van der Waals surface area (Å²) in [5.41, 5.74) is 7.43. The second-order valence-electron chi connectivity index (χ2n) is 9.07. The van der Waals surface area contributed by atoms with Crippen molar-refractivity contribution in [2.45, 2.75) is 18.9 Å². The molecule has 11 nitrogen and oxygen atoms in total. The van der Waals surface area contributed by atoms with Gasteiger partial charge < -0.3 is 25.8 Å². The average molecular weight is 466 g/mol. The summed E-state index contributed by atoms with van der Waals surface area (Å²) in [7, 11) is 0. The van der Waals surface area contributed by atoms with E-state index in [2.05, 4.69) is 20.3 Å². The molecule has 11 heteroatoms. The van der Waals surface area contributed by atoms with E-state index < -0.39 is 5.60 Å². The van der Waals surface area contributed by atoms with Gasteiger partial charge in [0.05, 0.1) is 29.7 Å². The van der Waals surface area contributed by atoms with Gasteiger partial charge in [-0.1, -0.05) is 0 Å². The molecule has 0 spiro atoms. The molecule has 1 atom stereocenters. The number of piperazine rings is 1. The van der Waals surface area contributed by atoms with Crippen molar-refractivity contribution < 1.29 is 19.4 Å². The molecule has 1 saturated heterocycles. The number of rotatable bonds is 5. The van der Waals surface area contributed by atoms with Crippen LogP contribution in [-0.4, -0.2) is 81.4 Å². The zero-order valence-electron chi connectivity index (χ0n) is 18.9. The molecule has 0 bridgehead atoms. The van der Waals surface area contributed by atoms with Gasteiger partial charge in [-0.2, -0.15) is 5.10 Å². The van der Waals surface area contributed by atoms with Crippen LogP contribution in [0.3, 0.4) is 0 Å². The van der Waals surface area contributed by atoms with Crippen LogP contribution < -0.4 is 20.7 Å². The topological polar surface area (TPSA) is 138 Å². The number of nitrogens with two attached hydrogens (primary N) is 1. The number of amides is 2. The number of benzene rings is 1. The van der Waals surface area contributed by atoms with Crippen molar-refractivity contribution in [3.63, 3.8) is 0 Å². The molecule has 4 heterocycles. The van der Waals surface area contributed by atoms with Crippen molar-refractivity contribution in [3.8, 4) is 5.75 Å². The van der Waals surface area contributed by atoms with Gasteiger partial charge >= 0.3 is 0 Å². The van der Waals surface area contributed by atoms with E-state index in [1.54, 1.807) is 29.9 Å². The van der Waals surface area contributed by atoms with Gasteiger partial charge in [0.2, 0.25) is 5.91 Å². The first-order chi connectivity index (χ1) is 16.3. The Balaban J connectivity index is 1.46. The first kappa shape index (κ1) is 22.1. The minimum Gasteiger partial charge on any atom is -0.490 e. The number of carbonyl (C=O) groups is 2. The van der Waals surface area contributed by atoms with E-state index in [-0.39, 0.29) is 25.0 Å². The summed E-state index contributed by atoms with van der Waals surface area (Å²) in [6.07, 6.45) is 5.25. The Kier molecular flexibility index (Phi) is 5.58. The van der Waals surface area contributed by atoms with E-state index in [0.29, 0.717) is 55.2 Å². The fourth-order valence-electron chi connectivity index (χ4n) is 4.49. The third-order valence-corrected chi connectivity index (χ3v) is 6.15. The van der Waals surface area contributed by atoms with Gasteiger partial charge in [0.25, 0.3) is 5.91 Å². The molecule has 0 saturated carbocycles. The fraction of sp³-hybridized carbons (Fsp3) is 0.391. The third-order valence-electron chi connectivity index (χ3n) is 6.15. The zero-order chi connectivity index (χ0) is 23.9. The SMILES string of the molecule is C[C@]1(O)COc2cc(N3CCN(CC(N)=O)CC3)c(NC(=O)c3cnn4cccnc34)cc2C1. The Morgan fingerprint density at radius 3 is 2.82 bits per heavy atom. The summed E-state index contributed by atoms with van der Waals surface area (Å²) in [5.74, 6) is 0.0140. The highest BCUT2D eigenvalue weighted by Gasteiger charge is 2.31. The average Bonchev–Trinajstić information content (AvgIpc) is 3.23. The maximum Gasteiger partial charge on any atom is 0.261 e. The molecular formula is C23H27N7O4. The minimum absolute atomic E-state index is 0.200. The Labute approximate surface area is 196 Å². The Hall–Kier alpha value is -3.70. The van der Waals surface area contributed by atoms with Crippen LogP contribution in [0.2, 0.25) is 0 Å². The predicted octanol–water partition coefficient (Wildman–Crippen LogP) is 0.275. The van der Waals surface area contributed by atoms with Gasteiger partial charge in [0.1, 0.15) is 17.9 Å². The third kappa shape index (κ3) is 4.39. The number of ether oxygens (including phenoxy) is 1. The number of aromatic nitrogens is 3. The lowest BCUT2D eigenvalue weighted by Crippen LogP contribution is -2.49. The number of nitrogens with zero attached hydrogens (tertiary/aromatic N) is 5. The maximum atomic E-state index is 13.2. The number of hydrogen-bond acceptors (Lipinski definition) is 8. The van der Waals surface area contributed by atoms with Crippen LogP contribution in [0.4, 0.5) is 11.4 Å². The zero-order valence-corrected chi connectivity index (χ0v) is 18.9. The van der Waals surface area contributed by atoms with Crippen molar-refractivity contribution in [2.75, 3.05) is 49.5 Å². The summed E-state index contributed by atoms with van der Waals surface area (Å²) in [6, 6.07) is 5.52. The minimum atomic E-state index is -0.984. The molecule has 2 aromatic heterocycles.